The van der Waals surface area contributed by atoms with E-state index in [1.165, 1.54) is 154 Å². The first-order chi connectivity index (χ1) is 18.8. The van der Waals surface area contributed by atoms with E-state index in [1.54, 1.807) is 38.5 Å². The van der Waals surface area contributed by atoms with Gasteiger partial charge in [-0.15, -0.1) is 0 Å². The standard InChI is InChI=1S/C38H76/c1-5-9-13-17-19-20-22-24-28-32-38-36(30-26-23-21-18-14-10-6-2)34-33-35(29-25-15-11-7-3)37(38)31-27-16-12-8-4/h35-38H,5-34H2,1-4H3. The molecule has 0 radical (unpaired) electrons. The van der Waals surface area contributed by atoms with Crippen LogP contribution in [0.3, 0.4) is 0 Å². The van der Waals surface area contributed by atoms with Gasteiger partial charge in [0.1, 0.15) is 0 Å². The summed E-state index contributed by atoms with van der Waals surface area (Å²) < 4.78 is 0. The van der Waals surface area contributed by atoms with Gasteiger partial charge in [0.15, 0.2) is 0 Å². The third-order valence-electron chi connectivity index (χ3n) is 10.3. The van der Waals surface area contributed by atoms with Gasteiger partial charge in [0, 0.05) is 0 Å². The van der Waals surface area contributed by atoms with E-state index in [1.807, 2.05) is 0 Å². The van der Waals surface area contributed by atoms with Crippen molar-refractivity contribution in [1.29, 1.82) is 0 Å². The fourth-order valence-electron chi connectivity index (χ4n) is 7.87. The van der Waals surface area contributed by atoms with E-state index >= 15 is 0 Å². The topological polar surface area (TPSA) is 0 Å². The lowest BCUT2D eigenvalue weighted by molar-refractivity contribution is 0.0581. The normalized spacial score (nSPS) is 21.8. The van der Waals surface area contributed by atoms with Crippen LogP contribution in [0.4, 0.5) is 0 Å². The molecule has 1 aliphatic carbocycles. The maximum Gasteiger partial charge on any atom is -0.0355 e. The van der Waals surface area contributed by atoms with Crippen molar-refractivity contribution in [3.8, 4) is 0 Å². The van der Waals surface area contributed by atoms with E-state index in [9.17, 15) is 0 Å². The molecular formula is C38H76. The Morgan fingerprint density at radius 3 is 0.842 bits per heavy atom. The Balaban J connectivity index is 2.64. The van der Waals surface area contributed by atoms with Gasteiger partial charge >= 0.3 is 0 Å². The van der Waals surface area contributed by atoms with Crippen molar-refractivity contribution in [1.82, 2.24) is 0 Å². The molecule has 0 amide bonds. The molecule has 4 atom stereocenters. The van der Waals surface area contributed by atoms with Crippen LogP contribution in [0.15, 0.2) is 0 Å². The molecule has 0 spiro atoms. The summed E-state index contributed by atoms with van der Waals surface area (Å²) in [5.41, 5.74) is 0. The van der Waals surface area contributed by atoms with Crippen molar-refractivity contribution in [2.24, 2.45) is 23.7 Å². The molecular weight excluding hydrogens is 456 g/mol. The summed E-state index contributed by atoms with van der Waals surface area (Å²) in [7, 11) is 0. The van der Waals surface area contributed by atoms with Crippen LogP contribution in [0.25, 0.3) is 0 Å². The molecule has 0 aliphatic heterocycles. The first-order valence-electron chi connectivity index (χ1n) is 18.8. The average Bonchev–Trinajstić information content (AvgIpc) is 2.93. The summed E-state index contributed by atoms with van der Waals surface area (Å²) in [4.78, 5) is 0. The predicted octanol–water partition coefficient (Wildman–Crippen LogP) is 14.2. The van der Waals surface area contributed by atoms with Crippen LogP contribution in [-0.2, 0) is 0 Å². The first-order valence-corrected chi connectivity index (χ1v) is 18.8. The Bertz CT molecular complexity index is 451. The summed E-state index contributed by atoms with van der Waals surface area (Å²) in [5, 5.41) is 0. The molecule has 0 aromatic rings. The molecule has 0 aromatic heterocycles. The van der Waals surface area contributed by atoms with Crippen molar-refractivity contribution in [2.45, 2.75) is 220 Å². The number of rotatable bonds is 28. The highest BCUT2D eigenvalue weighted by molar-refractivity contribution is 4.88. The van der Waals surface area contributed by atoms with E-state index in [2.05, 4.69) is 27.7 Å². The van der Waals surface area contributed by atoms with Gasteiger partial charge in [0.2, 0.25) is 0 Å². The molecule has 1 fully saturated rings. The van der Waals surface area contributed by atoms with Crippen molar-refractivity contribution in [2.75, 3.05) is 0 Å². The van der Waals surface area contributed by atoms with E-state index in [4.69, 9.17) is 0 Å². The third kappa shape index (κ3) is 18.4. The van der Waals surface area contributed by atoms with Gasteiger partial charge in [-0.25, -0.2) is 0 Å². The zero-order chi connectivity index (χ0) is 27.5. The molecule has 0 bridgehead atoms. The van der Waals surface area contributed by atoms with Crippen molar-refractivity contribution >= 4 is 0 Å². The first kappa shape index (κ1) is 36.0. The highest BCUT2D eigenvalue weighted by Crippen LogP contribution is 2.47. The van der Waals surface area contributed by atoms with Crippen LogP contribution in [0.1, 0.15) is 220 Å². The number of unbranched alkanes of at least 4 members (excludes halogenated alkanes) is 20. The lowest BCUT2D eigenvalue weighted by Crippen LogP contribution is -2.35. The van der Waals surface area contributed by atoms with Crippen LogP contribution in [0.5, 0.6) is 0 Å². The maximum atomic E-state index is 2.38. The van der Waals surface area contributed by atoms with Crippen molar-refractivity contribution in [3.63, 3.8) is 0 Å². The van der Waals surface area contributed by atoms with Crippen LogP contribution in [0.2, 0.25) is 0 Å². The van der Waals surface area contributed by atoms with E-state index in [0.29, 0.717) is 0 Å². The maximum absolute atomic E-state index is 2.38. The quantitative estimate of drug-likeness (QED) is 0.0879. The zero-order valence-corrected chi connectivity index (χ0v) is 27.5. The largest absolute Gasteiger partial charge is 0.0654 e. The van der Waals surface area contributed by atoms with Crippen LogP contribution >= 0.6 is 0 Å². The highest BCUT2D eigenvalue weighted by atomic mass is 14.4. The average molecular weight is 533 g/mol. The predicted molar refractivity (Wildman–Crippen MR) is 175 cm³/mol. The molecule has 0 nitrogen and oxygen atoms in total. The van der Waals surface area contributed by atoms with E-state index in [-0.39, 0.29) is 0 Å². The smallest absolute Gasteiger partial charge is 0.0355 e. The Hall–Kier alpha value is 0. The lowest BCUT2D eigenvalue weighted by atomic mass is 9.61. The molecule has 1 aliphatic rings. The summed E-state index contributed by atoms with van der Waals surface area (Å²) in [5.74, 6) is 4.24. The Labute approximate surface area is 243 Å². The Morgan fingerprint density at radius 2 is 0.526 bits per heavy atom. The molecule has 38 heavy (non-hydrogen) atoms. The van der Waals surface area contributed by atoms with Gasteiger partial charge in [0.05, 0.1) is 0 Å². The van der Waals surface area contributed by atoms with E-state index < -0.39 is 0 Å². The second kappa shape index (κ2) is 27.2. The molecule has 0 heteroatoms. The second-order valence-corrected chi connectivity index (χ2v) is 13.7. The molecule has 0 aromatic carbocycles. The Kier molecular flexibility index (Phi) is 25.8. The van der Waals surface area contributed by atoms with Crippen molar-refractivity contribution in [3.05, 3.63) is 0 Å². The monoisotopic (exact) mass is 533 g/mol. The van der Waals surface area contributed by atoms with Gasteiger partial charge in [-0.1, -0.05) is 195 Å². The van der Waals surface area contributed by atoms with Gasteiger partial charge in [0.25, 0.3) is 0 Å². The SMILES string of the molecule is CCCCCCCCCCCC1C(CCCCCCCCC)CCC(CCCCCC)C1CCCCCC. The molecule has 228 valence electrons. The number of hydrogen-bond donors (Lipinski definition) is 0. The van der Waals surface area contributed by atoms with Crippen LogP contribution in [0, 0.1) is 23.7 Å². The summed E-state index contributed by atoms with van der Waals surface area (Å²) in [6.07, 6.45) is 44.7. The molecule has 0 N–H and O–H groups in total. The fraction of sp³-hybridized carbons (Fsp3) is 1.00. The zero-order valence-electron chi connectivity index (χ0n) is 27.5. The molecule has 1 rings (SSSR count). The minimum atomic E-state index is 1.06. The Morgan fingerprint density at radius 1 is 0.289 bits per heavy atom. The minimum absolute atomic E-state index is 1.06. The molecule has 1 saturated carbocycles. The summed E-state index contributed by atoms with van der Waals surface area (Å²) >= 11 is 0. The fourth-order valence-corrected chi connectivity index (χ4v) is 7.87. The highest BCUT2D eigenvalue weighted by Gasteiger charge is 2.37. The number of hydrogen-bond acceptors (Lipinski definition) is 0. The molecule has 4 unspecified atom stereocenters. The van der Waals surface area contributed by atoms with Gasteiger partial charge in [-0.05, 0) is 49.4 Å². The minimum Gasteiger partial charge on any atom is -0.0654 e. The second-order valence-electron chi connectivity index (χ2n) is 13.7. The summed E-state index contributed by atoms with van der Waals surface area (Å²) in [6, 6.07) is 0. The molecule has 0 heterocycles. The lowest BCUT2D eigenvalue weighted by Gasteiger charge is -2.44. The summed E-state index contributed by atoms with van der Waals surface area (Å²) in [6.45, 7) is 9.42. The van der Waals surface area contributed by atoms with Gasteiger partial charge in [-0.2, -0.15) is 0 Å². The van der Waals surface area contributed by atoms with Crippen molar-refractivity contribution < 1.29 is 0 Å². The van der Waals surface area contributed by atoms with Crippen LogP contribution in [-0.4, -0.2) is 0 Å². The van der Waals surface area contributed by atoms with Gasteiger partial charge < -0.3 is 0 Å². The van der Waals surface area contributed by atoms with Gasteiger partial charge in [-0.3, -0.25) is 0 Å². The third-order valence-corrected chi connectivity index (χ3v) is 10.3. The van der Waals surface area contributed by atoms with E-state index in [0.717, 1.165) is 23.7 Å². The van der Waals surface area contributed by atoms with Crippen LogP contribution < -0.4 is 0 Å². The molecule has 0 saturated heterocycles.